The van der Waals surface area contributed by atoms with Crippen LogP contribution in [0.4, 0.5) is 5.69 Å². The Labute approximate surface area is 124 Å². The third-order valence-electron chi connectivity index (χ3n) is 3.82. The van der Waals surface area contributed by atoms with E-state index in [0.717, 1.165) is 19.4 Å². The van der Waals surface area contributed by atoms with Crippen LogP contribution in [-0.4, -0.2) is 48.6 Å². The molecule has 1 fully saturated rings. The minimum absolute atomic E-state index is 0.0478. The summed E-state index contributed by atoms with van der Waals surface area (Å²) in [6, 6.07) is 5.44. The number of carbonyl (C=O) groups excluding carboxylic acids is 1. The Bertz CT molecular complexity index is 538. The van der Waals surface area contributed by atoms with Crippen LogP contribution in [0.5, 0.6) is 11.5 Å². The molecule has 7 heteroatoms. The van der Waals surface area contributed by atoms with E-state index < -0.39 is 7.05 Å². The molecule has 6 nitrogen and oxygen atoms in total. The van der Waals surface area contributed by atoms with Gasteiger partial charge in [0.1, 0.15) is 17.6 Å². The van der Waals surface area contributed by atoms with Crippen molar-refractivity contribution < 1.29 is 19.3 Å². The molecule has 0 spiro atoms. The van der Waals surface area contributed by atoms with Gasteiger partial charge in [0.25, 0.3) is 5.91 Å². The SMILES string of the molecule is CB(O)N1CCC[C@@H](Oc2ccc3c(c2)NC(=O)CO3)C1. The Kier molecular flexibility index (Phi) is 4.03. The van der Waals surface area contributed by atoms with E-state index in [2.05, 4.69) is 5.32 Å². The number of ether oxygens (including phenoxy) is 2. The lowest BCUT2D eigenvalue weighted by atomic mass is 9.82. The molecule has 0 bridgehead atoms. The number of rotatable bonds is 3. The van der Waals surface area contributed by atoms with Crippen molar-refractivity contribution in [2.75, 3.05) is 25.0 Å². The number of hydrogen-bond acceptors (Lipinski definition) is 5. The van der Waals surface area contributed by atoms with Crippen LogP contribution in [-0.2, 0) is 4.79 Å². The molecule has 21 heavy (non-hydrogen) atoms. The fraction of sp³-hybridized carbons (Fsp3) is 0.500. The molecule has 1 aromatic rings. The van der Waals surface area contributed by atoms with Gasteiger partial charge in [0, 0.05) is 12.6 Å². The number of hydrogen-bond donors (Lipinski definition) is 2. The van der Waals surface area contributed by atoms with E-state index in [0.29, 0.717) is 23.7 Å². The maximum atomic E-state index is 11.3. The maximum absolute atomic E-state index is 11.3. The first-order valence-electron chi connectivity index (χ1n) is 7.27. The number of benzene rings is 1. The molecule has 1 aromatic carbocycles. The molecule has 0 unspecified atom stereocenters. The summed E-state index contributed by atoms with van der Waals surface area (Å²) in [6.45, 7) is 3.43. The van der Waals surface area contributed by atoms with Gasteiger partial charge in [-0.15, -0.1) is 0 Å². The first kappa shape index (κ1) is 14.2. The standard InChI is InChI=1S/C14H19BN2O4/c1-15(19)17-6-2-3-11(8-17)21-10-4-5-13-12(7-10)16-14(18)9-20-13/h4-5,7,11,19H,2-3,6,8-9H2,1H3,(H,16,18)/t11-/m1/s1. The molecule has 0 saturated carbocycles. The van der Waals surface area contributed by atoms with Crippen molar-refractivity contribution >= 4 is 18.6 Å². The molecule has 0 radical (unpaired) electrons. The second-order valence-electron chi connectivity index (χ2n) is 5.50. The van der Waals surface area contributed by atoms with Crippen LogP contribution in [0.1, 0.15) is 12.8 Å². The van der Waals surface area contributed by atoms with E-state index >= 15 is 0 Å². The molecule has 3 rings (SSSR count). The van der Waals surface area contributed by atoms with Crippen LogP contribution >= 0.6 is 0 Å². The van der Waals surface area contributed by atoms with E-state index in [9.17, 15) is 9.82 Å². The zero-order chi connectivity index (χ0) is 14.8. The van der Waals surface area contributed by atoms with Crippen LogP contribution in [0.25, 0.3) is 0 Å². The summed E-state index contributed by atoms with van der Waals surface area (Å²) in [5.74, 6) is 1.21. The Balaban J connectivity index is 1.67. The van der Waals surface area contributed by atoms with Crippen LogP contribution in [0.3, 0.4) is 0 Å². The lowest BCUT2D eigenvalue weighted by Gasteiger charge is -2.33. The van der Waals surface area contributed by atoms with Gasteiger partial charge in [-0.3, -0.25) is 4.79 Å². The largest absolute Gasteiger partial charge is 0.489 e. The molecule has 2 aliphatic heterocycles. The van der Waals surface area contributed by atoms with Gasteiger partial charge >= 0.3 is 7.05 Å². The van der Waals surface area contributed by atoms with Gasteiger partial charge in [-0.1, -0.05) is 0 Å². The molecule has 112 valence electrons. The van der Waals surface area contributed by atoms with Gasteiger partial charge in [0.05, 0.1) is 5.69 Å². The van der Waals surface area contributed by atoms with E-state index in [1.807, 2.05) is 10.9 Å². The summed E-state index contributed by atoms with van der Waals surface area (Å²) in [5, 5.41) is 12.4. The van der Waals surface area contributed by atoms with Crippen molar-refractivity contribution in [3.05, 3.63) is 18.2 Å². The Morgan fingerprint density at radius 3 is 3.19 bits per heavy atom. The summed E-state index contributed by atoms with van der Waals surface area (Å²) in [4.78, 5) is 13.3. The van der Waals surface area contributed by atoms with Crippen molar-refractivity contribution in [2.45, 2.75) is 25.8 Å². The average molecular weight is 290 g/mol. The minimum Gasteiger partial charge on any atom is -0.489 e. The van der Waals surface area contributed by atoms with Gasteiger partial charge in [-0.25, -0.2) is 0 Å². The highest BCUT2D eigenvalue weighted by molar-refractivity contribution is 6.45. The van der Waals surface area contributed by atoms with Crippen molar-refractivity contribution in [3.8, 4) is 11.5 Å². The molecule has 0 aliphatic carbocycles. The minimum atomic E-state index is -0.451. The number of nitrogens with one attached hydrogen (secondary N) is 1. The van der Waals surface area contributed by atoms with Gasteiger partial charge in [-0.05, 0) is 38.3 Å². The monoisotopic (exact) mass is 290 g/mol. The topological polar surface area (TPSA) is 71.0 Å². The summed E-state index contributed by atoms with van der Waals surface area (Å²) in [5.41, 5.74) is 0.645. The van der Waals surface area contributed by atoms with E-state index in [-0.39, 0.29) is 18.6 Å². The molecule has 0 aromatic heterocycles. The summed E-state index contributed by atoms with van der Waals surface area (Å²) < 4.78 is 11.3. The van der Waals surface area contributed by atoms with Crippen molar-refractivity contribution in [1.29, 1.82) is 0 Å². The number of fused-ring (bicyclic) bond motifs is 1. The number of carbonyl (C=O) groups is 1. The predicted molar refractivity (Wildman–Crippen MR) is 79.6 cm³/mol. The maximum Gasteiger partial charge on any atom is 0.376 e. The fourth-order valence-corrected chi connectivity index (χ4v) is 2.73. The molecule has 2 N–H and O–H groups in total. The molecular formula is C14H19BN2O4. The average Bonchev–Trinajstić information content (AvgIpc) is 2.47. The lowest BCUT2D eigenvalue weighted by molar-refractivity contribution is -0.118. The molecule has 1 amide bonds. The number of piperidine rings is 1. The summed E-state index contributed by atoms with van der Waals surface area (Å²) in [7, 11) is -0.451. The van der Waals surface area contributed by atoms with Crippen LogP contribution in [0.2, 0.25) is 6.82 Å². The number of anilines is 1. The van der Waals surface area contributed by atoms with E-state index in [1.54, 1.807) is 19.0 Å². The summed E-state index contributed by atoms with van der Waals surface area (Å²) in [6.07, 6.45) is 2.01. The second kappa shape index (κ2) is 5.95. The highest BCUT2D eigenvalue weighted by atomic mass is 16.5. The Hall–Kier alpha value is -1.73. The van der Waals surface area contributed by atoms with E-state index in [1.165, 1.54) is 0 Å². The van der Waals surface area contributed by atoms with Crippen LogP contribution in [0, 0.1) is 0 Å². The van der Waals surface area contributed by atoms with Gasteiger partial charge in [-0.2, -0.15) is 0 Å². The van der Waals surface area contributed by atoms with Crippen molar-refractivity contribution in [2.24, 2.45) is 0 Å². The smallest absolute Gasteiger partial charge is 0.376 e. The zero-order valence-electron chi connectivity index (χ0n) is 12.0. The zero-order valence-corrected chi connectivity index (χ0v) is 12.0. The number of amides is 1. The lowest BCUT2D eigenvalue weighted by Crippen LogP contribution is -2.47. The van der Waals surface area contributed by atoms with Crippen LogP contribution < -0.4 is 14.8 Å². The quantitative estimate of drug-likeness (QED) is 0.812. The molecule has 2 heterocycles. The van der Waals surface area contributed by atoms with Crippen LogP contribution in [0.15, 0.2) is 18.2 Å². The van der Waals surface area contributed by atoms with Crippen molar-refractivity contribution in [1.82, 2.24) is 4.81 Å². The first-order valence-corrected chi connectivity index (χ1v) is 7.27. The normalized spacial score (nSPS) is 22.0. The molecule has 2 aliphatic rings. The molecule has 1 saturated heterocycles. The third kappa shape index (κ3) is 3.30. The summed E-state index contributed by atoms with van der Waals surface area (Å²) >= 11 is 0. The Morgan fingerprint density at radius 2 is 2.38 bits per heavy atom. The predicted octanol–water partition coefficient (Wildman–Crippen LogP) is 0.971. The molecule has 1 atom stereocenters. The number of nitrogens with zero attached hydrogens (tertiary/aromatic N) is 1. The van der Waals surface area contributed by atoms with Crippen molar-refractivity contribution in [3.63, 3.8) is 0 Å². The van der Waals surface area contributed by atoms with Gasteiger partial charge < -0.3 is 24.6 Å². The van der Waals surface area contributed by atoms with Gasteiger partial charge in [0.15, 0.2) is 6.61 Å². The Morgan fingerprint density at radius 1 is 1.52 bits per heavy atom. The molecular weight excluding hydrogens is 271 g/mol. The van der Waals surface area contributed by atoms with E-state index in [4.69, 9.17) is 9.47 Å². The van der Waals surface area contributed by atoms with Gasteiger partial charge in [0.2, 0.25) is 0 Å². The second-order valence-corrected chi connectivity index (χ2v) is 5.50. The highest BCUT2D eigenvalue weighted by Crippen LogP contribution is 2.32. The first-order chi connectivity index (χ1) is 10.1. The fourth-order valence-electron chi connectivity index (χ4n) is 2.73. The highest BCUT2D eigenvalue weighted by Gasteiger charge is 2.26. The third-order valence-corrected chi connectivity index (χ3v) is 3.82.